The monoisotopic (exact) mass is 115 g/mol. The van der Waals surface area contributed by atoms with Crippen LogP contribution in [0.15, 0.2) is 0 Å². The summed E-state index contributed by atoms with van der Waals surface area (Å²) in [5, 5.41) is 5.40. The van der Waals surface area contributed by atoms with E-state index in [4.69, 9.17) is 10.2 Å². The van der Waals surface area contributed by atoms with E-state index in [1.807, 2.05) is 0 Å². The van der Waals surface area contributed by atoms with Crippen LogP contribution in [0.25, 0.3) is 0 Å². The van der Waals surface area contributed by atoms with Crippen LogP contribution in [0.1, 0.15) is 0 Å². The fourth-order valence-corrected chi connectivity index (χ4v) is 0. The zero-order valence-electron chi connectivity index (χ0n) is 1.41. The Hall–Kier alpha value is 2.38. The average molecular weight is 115 g/mol. The quantitative estimate of drug-likeness (QED) is 0.220. The Morgan fingerprint density at radius 1 is 1.17 bits per heavy atom. The van der Waals surface area contributed by atoms with E-state index in [-0.39, 0.29) is 88.7 Å². The van der Waals surface area contributed by atoms with Gasteiger partial charge in [0.15, 0.2) is 0 Å². The van der Waals surface area contributed by atoms with Crippen LogP contribution in [0.2, 0.25) is 0 Å². The third-order valence-electron chi connectivity index (χ3n) is 0. The van der Waals surface area contributed by atoms with E-state index in [9.17, 15) is 0 Å². The summed E-state index contributed by atoms with van der Waals surface area (Å²) in [4.78, 5) is 8.35. The maximum absolute atomic E-state index is 8.35. The third-order valence-corrected chi connectivity index (χ3v) is 0. The van der Waals surface area contributed by atoms with Crippen molar-refractivity contribution in [3.05, 3.63) is 0 Å². The molecule has 2 nitrogen and oxygen atoms in total. The van der Waals surface area contributed by atoms with Crippen LogP contribution in [0, 0.1) is 5.41 Å². The maximum atomic E-state index is 8.35. The standard InChI is InChI=1S/CHNO.3Na.3H/c2-1-3;;;;;;/h2H;;;;;;. The topological polar surface area (TPSA) is 40.9 Å². The van der Waals surface area contributed by atoms with Gasteiger partial charge in [0.25, 0.3) is 0 Å². The van der Waals surface area contributed by atoms with Crippen molar-refractivity contribution in [3.63, 3.8) is 0 Å². The first-order chi connectivity index (χ1) is 1.41. The van der Waals surface area contributed by atoms with Crippen LogP contribution in [0.3, 0.4) is 0 Å². The fourth-order valence-electron chi connectivity index (χ4n) is 0. The number of isocyanates is 1. The van der Waals surface area contributed by atoms with Crippen molar-refractivity contribution in [2.75, 3.05) is 0 Å². The Balaban J connectivity index is -0.00000000667. The molecule has 0 aromatic heterocycles. The summed E-state index contributed by atoms with van der Waals surface area (Å²) < 4.78 is 0. The van der Waals surface area contributed by atoms with Gasteiger partial charge in [0, 0.05) is 0 Å². The first kappa shape index (κ1) is 23.8. The van der Waals surface area contributed by atoms with Crippen LogP contribution in [-0.2, 0) is 4.79 Å². The SMILES string of the molecule is N=C=O.[NaH].[NaH].[NaH]. The van der Waals surface area contributed by atoms with Crippen molar-refractivity contribution in [2.45, 2.75) is 0 Å². The summed E-state index contributed by atoms with van der Waals surface area (Å²) >= 11 is 0. The van der Waals surface area contributed by atoms with E-state index >= 15 is 0 Å². The second kappa shape index (κ2) is 26.3. The summed E-state index contributed by atoms with van der Waals surface area (Å²) in [6, 6.07) is 0. The molecule has 1 N–H and O–H groups in total. The average Bonchev–Trinajstić information content (AvgIpc) is 0.918. The Morgan fingerprint density at radius 2 is 1.17 bits per heavy atom. The van der Waals surface area contributed by atoms with Gasteiger partial charge >= 0.3 is 88.7 Å². The molecule has 0 unspecified atom stereocenters. The summed E-state index contributed by atoms with van der Waals surface area (Å²) in [6.45, 7) is 0. The summed E-state index contributed by atoms with van der Waals surface area (Å²) in [6.07, 6.45) is 0.750. The number of nitrogens with one attached hydrogen (secondary N) is 1. The van der Waals surface area contributed by atoms with Crippen LogP contribution in [0.4, 0.5) is 0 Å². The summed E-state index contributed by atoms with van der Waals surface area (Å²) in [5.41, 5.74) is 0. The molecule has 0 aliphatic heterocycles. The van der Waals surface area contributed by atoms with Crippen LogP contribution in [-0.4, -0.2) is 94.8 Å². The molecule has 0 bridgehead atoms. The molecule has 0 heterocycles. The summed E-state index contributed by atoms with van der Waals surface area (Å²) in [7, 11) is 0. The second-order valence-corrected chi connectivity index (χ2v) is 0.102. The Kier molecular flexibility index (Phi) is 104. The van der Waals surface area contributed by atoms with Crippen LogP contribution in [0.5, 0.6) is 0 Å². The van der Waals surface area contributed by atoms with E-state index < -0.39 is 0 Å². The van der Waals surface area contributed by atoms with Crippen LogP contribution < -0.4 is 0 Å². The predicted octanol–water partition coefficient (Wildman–Crippen LogP) is -2.04. The van der Waals surface area contributed by atoms with Gasteiger partial charge in [-0.1, -0.05) is 0 Å². The predicted molar refractivity (Wildman–Crippen MR) is 29.9 cm³/mol. The zero-order valence-corrected chi connectivity index (χ0v) is 1.41. The number of hydrogen-bond acceptors (Lipinski definition) is 2. The Labute approximate surface area is 103 Å². The van der Waals surface area contributed by atoms with Gasteiger partial charge in [-0.3, -0.25) is 0 Å². The molecule has 0 saturated heterocycles. The molecule has 0 fully saturated rings. The molecule has 0 spiro atoms. The Morgan fingerprint density at radius 3 is 1.17 bits per heavy atom. The summed E-state index contributed by atoms with van der Waals surface area (Å²) in [5.74, 6) is 0. The molecule has 5 heteroatoms. The second-order valence-electron chi connectivity index (χ2n) is 0.102. The van der Waals surface area contributed by atoms with Gasteiger partial charge in [-0.15, -0.1) is 0 Å². The molecule has 0 aliphatic carbocycles. The molecule has 0 rings (SSSR count). The third kappa shape index (κ3) is 32.6. The van der Waals surface area contributed by atoms with Crippen molar-refractivity contribution < 1.29 is 4.79 Å². The van der Waals surface area contributed by atoms with Crippen molar-refractivity contribution >= 4 is 94.8 Å². The minimum atomic E-state index is 0. The molecule has 0 atom stereocenters. The van der Waals surface area contributed by atoms with Gasteiger partial charge in [0.2, 0.25) is 6.08 Å². The number of hydrogen-bond donors (Lipinski definition) is 1. The van der Waals surface area contributed by atoms with Gasteiger partial charge in [-0.05, 0) is 0 Å². The molecule has 0 amide bonds. The number of carbonyl (C=O) groups excluding carboxylic acids is 1. The first-order valence-electron chi connectivity index (χ1n) is 0.454. The van der Waals surface area contributed by atoms with Gasteiger partial charge in [0.05, 0.1) is 0 Å². The van der Waals surface area contributed by atoms with E-state index in [0.29, 0.717) is 0 Å². The van der Waals surface area contributed by atoms with Crippen molar-refractivity contribution in [1.82, 2.24) is 0 Å². The molecule has 0 aromatic rings. The van der Waals surface area contributed by atoms with E-state index in [1.54, 1.807) is 0 Å². The van der Waals surface area contributed by atoms with Gasteiger partial charge in [-0.2, -0.15) is 0 Å². The van der Waals surface area contributed by atoms with Gasteiger partial charge in [-0.25, -0.2) is 10.2 Å². The van der Waals surface area contributed by atoms with Gasteiger partial charge in [0.1, 0.15) is 0 Å². The molecule has 0 aliphatic rings. The first-order valence-corrected chi connectivity index (χ1v) is 0.454. The van der Waals surface area contributed by atoms with Crippen LogP contribution >= 0.6 is 0 Å². The van der Waals surface area contributed by atoms with E-state index in [1.165, 1.54) is 0 Å². The van der Waals surface area contributed by atoms with Gasteiger partial charge < -0.3 is 0 Å². The van der Waals surface area contributed by atoms with E-state index in [0.717, 1.165) is 6.08 Å². The molecule has 0 radical (unpaired) electrons. The normalized spacial score (nSPS) is 1.33. The molecule has 0 aromatic carbocycles. The molecule has 6 heavy (non-hydrogen) atoms. The molecular formula is CH4NNa3O. The molecule has 22 valence electrons. The van der Waals surface area contributed by atoms with E-state index in [2.05, 4.69) is 0 Å². The molecule has 0 saturated carbocycles. The van der Waals surface area contributed by atoms with Crippen molar-refractivity contribution in [1.29, 1.82) is 5.41 Å². The number of rotatable bonds is 0. The fraction of sp³-hybridized carbons (Fsp3) is 0. The minimum absolute atomic E-state index is 0. The molecular weight excluding hydrogens is 111 g/mol. The van der Waals surface area contributed by atoms with Crippen molar-refractivity contribution in [3.8, 4) is 0 Å². The zero-order chi connectivity index (χ0) is 2.71. The Bertz CT molecular complexity index is 31.8. The van der Waals surface area contributed by atoms with Crippen molar-refractivity contribution in [2.24, 2.45) is 0 Å².